The number of hydrogen-bond donors (Lipinski definition) is 2. The molecule has 0 aromatic heterocycles. The van der Waals surface area contributed by atoms with Crippen molar-refractivity contribution in [3.63, 3.8) is 0 Å². The van der Waals surface area contributed by atoms with Crippen LogP contribution in [0.2, 0.25) is 0 Å². The smallest absolute Gasteiger partial charge is 0.301 e. The number of hydrogen-bond acceptors (Lipinski definition) is 3. The van der Waals surface area contributed by atoms with Gasteiger partial charge in [-0.2, -0.15) is 12.7 Å². The van der Waals surface area contributed by atoms with E-state index >= 15 is 0 Å². The average Bonchev–Trinajstić information content (AvgIpc) is 2.44. The quantitative estimate of drug-likeness (QED) is 0.829. The van der Waals surface area contributed by atoms with E-state index in [0.29, 0.717) is 24.7 Å². The summed E-state index contributed by atoms with van der Waals surface area (Å²) >= 11 is 3.37. The van der Waals surface area contributed by atoms with Crippen LogP contribution in [0.5, 0.6) is 0 Å². The van der Waals surface area contributed by atoms with Gasteiger partial charge in [0.15, 0.2) is 0 Å². The van der Waals surface area contributed by atoms with Gasteiger partial charge in [0.05, 0.1) is 5.69 Å². The topological polar surface area (TPSA) is 61.4 Å². The summed E-state index contributed by atoms with van der Waals surface area (Å²) in [4.78, 5) is 0. The first-order valence-corrected chi connectivity index (χ1v) is 9.34. The molecule has 118 valence electrons. The number of benzene rings is 1. The molecule has 1 heterocycles. The van der Waals surface area contributed by atoms with Crippen molar-refractivity contribution in [2.45, 2.75) is 19.8 Å². The molecule has 1 aromatic rings. The number of anilines is 1. The predicted octanol–water partition coefficient (Wildman–Crippen LogP) is 2.35. The van der Waals surface area contributed by atoms with E-state index in [1.54, 1.807) is 10.4 Å². The van der Waals surface area contributed by atoms with Crippen LogP contribution in [0.4, 0.5) is 5.69 Å². The van der Waals surface area contributed by atoms with Crippen LogP contribution in [-0.4, -0.2) is 39.4 Å². The minimum Gasteiger partial charge on any atom is -0.319 e. The molecule has 2 rings (SSSR count). The van der Waals surface area contributed by atoms with Crippen LogP contribution >= 0.6 is 15.9 Å². The molecule has 0 spiro atoms. The molecular formula is C14H22BrN3O2S. The van der Waals surface area contributed by atoms with E-state index in [9.17, 15) is 8.42 Å². The molecule has 1 aliphatic rings. The van der Waals surface area contributed by atoms with Crippen LogP contribution in [0.25, 0.3) is 0 Å². The van der Waals surface area contributed by atoms with Crippen LogP contribution in [0.3, 0.4) is 0 Å². The predicted molar refractivity (Wildman–Crippen MR) is 89.6 cm³/mol. The number of rotatable bonds is 5. The fourth-order valence-electron chi connectivity index (χ4n) is 2.55. The number of aryl methyl sites for hydroxylation is 1. The van der Waals surface area contributed by atoms with Crippen molar-refractivity contribution in [2.75, 3.05) is 31.4 Å². The highest BCUT2D eigenvalue weighted by atomic mass is 79.9. The second-order valence-electron chi connectivity index (χ2n) is 5.47. The molecule has 0 atom stereocenters. The monoisotopic (exact) mass is 375 g/mol. The molecule has 5 nitrogen and oxygen atoms in total. The van der Waals surface area contributed by atoms with Crippen LogP contribution < -0.4 is 10.0 Å². The van der Waals surface area contributed by atoms with E-state index in [1.165, 1.54) is 0 Å². The summed E-state index contributed by atoms with van der Waals surface area (Å²) in [6.45, 7) is 4.00. The minimum atomic E-state index is -3.47. The SMILES string of the molecule is CNCC1CCN(S(=O)(=O)Nc2cc(Br)ccc2C)CC1. The van der Waals surface area contributed by atoms with Gasteiger partial charge in [0.25, 0.3) is 0 Å². The summed E-state index contributed by atoms with van der Waals surface area (Å²) in [6.07, 6.45) is 1.80. The molecule has 0 saturated carbocycles. The zero-order chi connectivity index (χ0) is 15.5. The van der Waals surface area contributed by atoms with Gasteiger partial charge in [0.1, 0.15) is 0 Å². The highest BCUT2D eigenvalue weighted by Crippen LogP contribution is 2.24. The molecule has 1 saturated heterocycles. The Kier molecular flexibility index (Phi) is 5.65. The van der Waals surface area contributed by atoms with Crippen molar-refractivity contribution >= 4 is 31.8 Å². The lowest BCUT2D eigenvalue weighted by atomic mass is 9.98. The highest BCUT2D eigenvalue weighted by Gasteiger charge is 2.27. The van der Waals surface area contributed by atoms with E-state index in [1.807, 2.05) is 26.1 Å². The summed E-state index contributed by atoms with van der Waals surface area (Å²) in [6, 6.07) is 5.58. The molecule has 1 aromatic carbocycles. The number of nitrogens with zero attached hydrogens (tertiary/aromatic N) is 1. The second kappa shape index (κ2) is 7.09. The third kappa shape index (κ3) is 4.42. The van der Waals surface area contributed by atoms with Gasteiger partial charge in [0, 0.05) is 17.6 Å². The minimum absolute atomic E-state index is 0.564. The van der Waals surface area contributed by atoms with Gasteiger partial charge >= 0.3 is 10.2 Å². The first-order chi connectivity index (χ1) is 9.92. The first-order valence-electron chi connectivity index (χ1n) is 7.11. The summed E-state index contributed by atoms with van der Waals surface area (Å²) < 4.78 is 30.0. The Bertz CT molecular complexity index is 584. The molecular weight excluding hydrogens is 354 g/mol. The Labute approximate surface area is 135 Å². The zero-order valence-corrected chi connectivity index (χ0v) is 14.8. The van der Waals surface area contributed by atoms with E-state index in [0.717, 1.165) is 29.4 Å². The van der Waals surface area contributed by atoms with Gasteiger partial charge in [0.2, 0.25) is 0 Å². The van der Waals surface area contributed by atoms with Crippen LogP contribution in [0.1, 0.15) is 18.4 Å². The van der Waals surface area contributed by atoms with Crippen LogP contribution in [-0.2, 0) is 10.2 Å². The van der Waals surface area contributed by atoms with Gasteiger partial charge < -0.3 is 5.32 Å². The largest absolute Gasteiger partial charge is 0.319 e. The van der Waals surface area contributed by atoms with Crippen LogP contribution in [0.15, 0.2) is 22.7 Å². The van der Waals surface area contributed by atoms with Gasteiger partial charge in [-0.3, -0.25) is 4.72 Å². The molecule has 0 unspecified atom stereocenters. The molecule has 0 bridgehead atoms. The fraction of sp³-hybridized carbons (Fsp3) is 0.571. The molecule has 0 aliphatic carbocycles. The normalized spacial score (nSPS) is 17.9. The Morgan fingerprint density at radius 2 is 2.00 bits per heavy atom. The van der Waals surface area contributed by atoms with E-state index < -0.39 is 10.2 Å². The summed E-state index contributed by atoms with van der Waals surface area (Å²) in [5, 5.41) is 3.16. The van der Waals surface area contributed by atoms with Crippen LogP contribution in [0, 0.1) is 12.8 Å². The average molecular weight is 376 g/mol. The molecule has 1 fully saturated rings. The van der Waals surface area contributed by atoms with Crippen molar-refractivity contribution < 1.29 is 8.42 Å². The van der Waals surface area contributed by atoms with E-state index in [4.69, 9.17) is 0 Å². The maximum Gasteiger partial charge on any atom is 0.301 e. The maximum atomic E-state index is 12.5. The van der Waals surface area contributed by atoms with Gasteiger partial charge in [-0.15, -0.1) is 0 Å². The zero-order valence-electron chi connectivity index (χ0n) is 12.4. The fourth-order valence-corrected chi connectivity index (χ4v) is 4.23. The standard InChI is InChI=1S/C14H22BrN3O2S/c1-11-3-4-13(15)9-14(11)17-21(19,20)18-7-5-12(6-8-18)10-16-2/h3-4,9,12,16-17H,5-8,10H2,1-2H3. The van der Waals surface area contributed by atoms with Gasteiger partial charge in [-0.25, -0.2) is 0 Å². The van der Waals surface area contributed by atoms with Crippen molar-refractivity contribution in [3.8, 4) is 0 Å². The van der Waals surface area contributed by atoms with Crippen molar-refractivity contribution in [3.05, 3.63) is 28.2 Å². The third-order valence-corrected chi connectivity index (χ3v) is 5.86. The van der Waals surface area contributed by atoms with Gasteiger partial charge in [-0.05, 0) is 57.0 Å². The lowest BCUT2D eigenvalue weighted by molar-refractivity contribution is 0.272. The van der Waals surface area contributed by atoms with Gasteiger partial charge in [-0.1, -0.05) is 22.0 Å². The molecule has 7 heteroatoms. The second-order valence-corrected chi connectivity index (χ2v) is 8.05. The maximum absolute atomic E-state index is 12.5. The Hall–Kier alpha value is -0.630. The van der Waals surface area contributed by atoms with Crippen molar-refractivity contribution in [1.82, 2.24) is 9.62 Å². The molecule has 2 N–H and O–H groups in total. The lowest BCUT2D eigenvalue weighted by Crippen LogP contribution is -2.43. The van der Waals surface area contributed by atoms with E-state index in [2.05, 4.69) is 26.0 Å². The Morgan fingerprint density at radius 1 is 1.33 bits per heavy atom. The first kappa shape index (κ1) is 16.7. The number of nitrogens with one attached hydrogen (secondary N) is 2. The van der Waals surface area contributed by atoms with Crippen molar-refractivity contribution in [2.24, 2.45) is 5.92 Å². The number of piperidine rings is 1. The molecule has 0 amide bonds. The molecule has 21 heavy (non-hydrogen) atoms. The summed E-state index contributed by atoms with van der Waals surface area (Å²) in [5.41, 5.74) is 1.54. The molecule has 1 aliphatic heterocycles. The highest BCUT2D eigenvalue weighted by molar-refractivity contribution is 9.10. The van der Waals surface area contributed by atoms with E-state index in [-0.39, 0.29) is 0 Å². The molecule has 0 radical (unpaired) electrons. The summed E-state index contributed by atoms with van der Waals surface area (Å²) in [7, 11) is -1.54. The third-order valence-electron chi connectivity index (χ3n) is 3.84. The Balaban J connectivity index is 2.04. The van der Waals surface area contributed by atoms with Crippen molar-refractivity contribution in [1.29, 1.82) is 0 Å². The lowest BCUT2D eigenvalue weighted by Gasteiger charge is -2.31. The summed E-state index contributed by atoms with van der Waals surface area (Å²) in [5.74, 6) is 0.564. The Morgan fingerprint density at radius 3 is 2.62 bits per heavy atom. The number of halogens is 1.